The molecule has 0 aliphatic carbocycles. The van der Waals surface area contributed by atoms with Crippen molar-refractivity contribution in [3.05, 3.63) is 66.4 Å². The van der Waals surface area contributed by atoms with E-state index in [4.69, 9.17) is 4.74 Å². The van der Waals surface area contributed by atoms with Gasteiger partial charge in [0.1, 0.15) is 22.6 Å². The first kappa shape index (κ1) is 16.1. The molecule has 1 aromatic carbocycles. The van der Waals surface area contributed by atoms with Crippen LogP contribution in [0.2, 0.25) is 0 Å². The molecule has 3 aromatic heterocycles. The molecule has 0 unspecified atom stereocenters. The normalized spacial score (nSPS) is 10.6. The van der Waals surface area contributed by atoms with Crippen molar-refractivity contribution in [2.75, 3.05) is 12.4 Å². The molecule has 128 valence electrons. The lowest BCUT2D eigenvalue weighted by molar-refractivity contribution is 0.414. The van der Waals surface area contributed by atoms with Crippen molar-refractivity contribution in [3.8, 4) is 16.8 Å². The van der Waals surface area contributed by atoms with E-state index in [1.165, 1.54) is 0 Å². The number of aromatic nitrogens is 3. The fourth-order valence-electron chi connectivity index (χ4n) is 2.68. The molecule has 26 heavy (non-hydrogen) atoms. The maximum atomic E-state index is 9.39. The van der Waals surface area contributed by atoms with Crippen molar-refractivity contribution in [2.45, 2.75) is 6.54 Å². The van der Waals surface area contributed by atoms with Gasteiger partial charge in [0.25, 0.3) is 0 Å². The number of anilines is 1. The second kappa shape index (κ2) is 6.86. The summed E-state index contributed by atoms with van der Waals surface area (Å²) in [6.45, 7) is 0.633. The number of nitriles is 1. The molecule has 3 heterocycles. The Morgan fingerprint density at radius 3 is 2.85 bits per heavy atom. The fraction of sp³-hybridized carbons (Fsp3) is 0.105. The number of pyridine rings is 1. The van der Waals surface area contributed by atoms with E-state index in [1.807, 2.05) is 41.1 Å². The number of nitrogens with one attached hydrogen (secondary N) is 1. The zero-order valence-electron chi connectivity index (χ0n) is 14.0. The minimum absolute atomic E-state index is 0.575. The van der Waals surface area contributed by atoms with Crippen LogP contribution in [-0.2, 0) is 6.54 Å². The topological polar surface area (TPSA) is 75.8 Å². The molecule has 0 aliphatic rings. The van der Waals surface area contributed by atoms with Gasteiger partial charge in [-0.2, -0.15) is 5.26 Å². The van der Waals surface area contributed by atoms with Crippen molar-refractivity contribution in [2.24, 2.45) is 0 Å². The SMILES string of the molecule is COc1ccc(CNc2ncc(C#N)c3sc(-n4ccnc4)cc23)cc1. The summed E-state index contributed by atoms with van der Waals surface area (Å²) in [6, 6.07) is 12.1. The summed E-state index contributed by atoms with van der Waals surface area (Å²) >= 11 is 1.55. The summed E-state index contributed by atoms with van der Waals surface area (Å²) in [7, 11) is 1.65. The smallest absolute Gasteiger partial charge is 0.135 e. The molecule has 4 rings (SSSR count). The lowest BCUT2D eigenvalue weighted by Crippen LogP contribution is -2.02. The summed E-state index contributed by atoms with van der Waals surface area (Å²) < 4.78 is 8.03. The Hall–Kier alpha value is -3.37. The van der Waals surface area contributed by atoms with E-state index in [0.29, 0.717) is 12.1 Å². The first-order valence-corrected chi connectivity index (χ1v) is 8.78. The molecular weight excluding hydrogens is 346 g/mol. The molecule has 6 nitrogen and oxygen atoms in total. The van der Waals surface area contributed by atoms with Crippen LogP contribution in [0.1, 0.15) is 11.1 Å². The van der Waals surface area contributed by atoms with Gasteiger partial charge in [-0.15, -0.1) is 11.3 Å². The summed E-state index contributed by atoms with van der Waals surface area (Å²) in [5, 5.41) is 14.7. The Bertz CT molecular complexity index is 1080. The Kier molecular flexibility index (Phi) is 4.25. The molecule has 7 heteroatoms. The molecule has 0 spiro atoms. The lowest BCUT2D eigenvalue weighted by atomic mass is 10.2. The van der Waals surface area contributed by atoms with Gasteiger partial charge in [-0.05, 0) is 23.8 Å². The highest BCUT2D eigenvalue weighted by molar-refractivity contribution is 7.21. The van der Waals surface area contributed by atoms with Gasteiger partial charge in [0.15, 0.2) is 0 Å². The Morgan fingerprint density at radius 2 is 2.15 bits per heavy atom. The van der Waals surface area contributed by atoms with Crippen LogP contribution in [0.4, 0.5) is 5.82 Å². The van der Waals surface area contributed by atoms with Crippen LogP contribution in [0.3, 0.4) is 0 Å². The predicted octanol–water partition coefficient (Wildman–Crippen LogP) is 3.97. The molecule has 4 aromatic rings. The van der Waals surface area contributed by atoms with E-state index >= 15 is 0 Å². The highest BCUT2D eigenvalue weighted by Crippen LogP contribution is 2.34. The van der Waals surface area contributed by atoms with E-state index < -0.39 is 0 Å². The van der Waals surface area contributed by atoms with Crippen molar-refractivity contribution in [1.29, 1.82) is 5.26 Å². The average molecular weight is 361 g/mol. The van der Waals surface area contributed by atoms with Crippen molar-refractivity contribution < 1.29 is 4.74 Å². The standard InChI is InChI=1S/C19H15N5OS/c1-25-15-4-2-13(3-5-15)10-22-19-16-8-17(24-7-6-21-12-24)26-18(16)14(9-20)11-23-19/h2-8,11-12H,10H2,1H3,(H,22,23). The van der Waals surface area contributed by atoms with Gasteiger partial charge >= 0.3 is 0 Å². The highest BCUT2D eigenvalue weighted by atomic mass is 32.1. The molecule has 0 atom stereocenters. The van der Waals surface area contributed by atoms with Crippen LogP contribution in [0.15, 0.2) is 55.2 Å². The molecule has 0 aliphatic heterocycles. The second-order valence-electron chi connectivity index (χ2n) is 5.63. The van der Waals surface area contributed by atoms with Gasteiger partial charge in [-0.1, -0.05) is 12.1 Å². The second-order valence-corrected chi connectivity index (χ2v) is 6.66. The molecule has 0 fully saturated rings. The van der Waals surface area contributed by atoms with Gasteiger partial charge in [0.2, 0.25) is 0 Å². The monoisotopic (exact) mass is 361 g/mol. The number of fused-ring (bicyclic) bond motifs is 1. The van der Waals surface area contributed by atoms with Gasteiger partial charge in [0, 0.05) is 30.5 Å². The number of ether oxygens (including phenoxy) is 1. The summed E-state index contributed by atoms with van der Waals surface area (Å²) in [6.07, 6.45) is 6.98. The zero-order valence-corrected chi connectivity index (χ0v) is 14.8. The van der Waals surface area contributed by atoms with Crippen LogP contribution >= 0.6 is 11.3 Å². The molecule has 0 saturated heterocycles. The third-order valence-corrected chi connectivity index (χ3v) is 5.22. The summed E-state index contributed by atoms with van der Waals surface area (Å²) in [5.41, 5.74) is 1.70. The first-order chi connectivity index (χ1) is 12.8. The van der Waals surface area contributed by atoms with Crippen LogP contribution in [0.25, 0.3) is 15.1 Å². The van der Waals surface area contributed by atoms with Crippen LogP contribution in [-0.4, -0.2) is 21.6 Å². The number of methoxy groups -OCH3 is 1. The van der Waals surface area contributed by atoms with E-state index in [-0.39, 0.29) is 0 Å². The fourth-order valence-corrected chi connectivity index (χ4v) is 3.75. The van der Waals surface area contributed by atoms with Crippen molar-refractivity contribution in [3.63, 3.8) is 0 Å². The highest BCUT2D eigenvalue weighted by Gasteiger charge is 2.13. The van der Waals surface area contributed by atoms with Crippen LogP contribution < -0.4 is 10.1 Å². The largest absolute Gasteiger partial charge is 0.497 e. The quantitative estimate of drug-likeness (QED) is 0.582. The maximum absolute atomic E-state index is 9.39. The maximum Gasteiger partial charge on any atom is 0.135 e. The number of rotatable bonds is 5. The average Bonchev–Trinajstić information content (AvgIpc) is 3.36. The van der Waals surface area contributed by atoms with E-state index in [1.54, 1.807) is 37.2 Å². The predicted molar refractivity (Wildman–Crippen MR) is 102 cm³/mol. The van der Waals surface area contributed by atoms with Gasteiger partial charge < -0.3 is 10.1 Å². The number of hydrogen-bond donors (Lipinski definition) is 1. The molecule has 0 bridgehead atoms. The first-order valence-electron chi connectivity index (χ1n) is 7.96. The summed E-state index contributed by atoms with van der Waals surface area (Å²) in [5.74, 6) is 1.59. The number of imidazole rings is 1. The van der Waals surface area contributed by atoms with Crippen LogP contribution in [0, 0.1) is 11.3 Å². The Morgan fingerprint density at radius 1 is 1.31 bits per heavy atom. The minimum atomic E-state index is 0.575. The van der Waals surface area contributed by atoms with E-state index in [9.17, 15) is 5.26 Å². The third kappa shape index (κ3) is 2.98. The molecule has 1 N–H and O–H groups in total. The Labute approximate surface area is 154 Å². The van der Waals surface area contributed by atoms with Gasteiger partial charge in [-0.3, -0.25) is 4.57 Å². The number of benzene rings is 1. The number of thiophene rings is 1. The lowest BCUT2D eigenvalue weighted by Gasteiger charge is -2.08. The summed E-state index contributed by atoms with van der Waals surface area (Å²) in [4.78, 5) is 8.53. The van der Waals surface area contributed by atoms with Gasteiger partial charge in [0.05, 0.1) is 23.7 Å². The number of nitrogens with zero attached hydrogens (tertiary/aromatic N) is 4. The molecular formula is C19H15N5OS. The van der Waals surface area contributed by atoms with Crippen molar-refractivity contribution >= 4 is 27.2 Å². The number of hydrogen-bond acceptors (Lipinski definition) is 6. The van der Waals surface area contributed by atoms with E-state index in [2.05, 4.69) is 21.4 Å². The third-order valence-electron chi connectivity index (χ3n) is 4.04. The zero-order chi connectivity index (χ0) is 17.9. The molecule has 0 amide bonds. The molecule has 0 radical (unpaired) electrons. The minimum Gasteiger partial charge on any atom is -0.497 e. The Balaban J connectivity index is 1.67. The van der Waals surface area contributed by atoms with Gasteiger partial charge in [-0.25, -0.2) is 9.97 Å². The molecule has 0 saturated carbocycles. The van der Waals surface area contributed by atoms with E-state index in [0.717, 1.165) is 32.2 Å². The van der Waals surface area contributed by atoms with Crippen molar-refractivity contribution in [1.82, 2.24) is 14.5 Å². The van der Waals surface area contributed by atoms with Crippen LogP contribution in [0.5, 0.6) is 5.75 Å².